The second-order valence-corrected chi connectivity index (χ2v) is 2.31. The van der Waals surface area contributed by atoms with Crippen LogP contribution in [0.3, 0.4) is 0 Å². The largest absolute Gasteiger partial charge is 0.301 e. The summed E-state index contributed by atoms with van der Waals surface area (Å²) in [5.74, 6) is 0. The molecule has 0 bridgehead atoms. The summed E-state index contributed by atoms with van der Waals surface area (Å²) < 4.78 is 12.0. The van der Waals surface area contributed by atoms with Gasteiger partial charge in [0.25, 0.3) is 5.69 Å². The minimum Gasteiger partial charge on any atom is -0.258 e. The fraction of sp³-hybridized carbons (Fsp3) is 0. The number of nitro benzene ring substituents is 2. The zero-order valence-corrected chi connectivity index (χ0v) is 6.64. The van der Waals surface area contributed by atoms with Crippen molar-refractivity contribution < 1.29 is 14.3 Å². The van der Waals surface area contributed by atoms with Crippen LogP contribution in [0.15, 0.2) is 18.2 Å². The topological polar surface area (TPSA) is 98.3 Å². The Hall–Kier alpha value is -2.25. The van der Waals surface area contributed by atoms with Crippen molar-refractivity contribution >= 4 is 17.1 Å². The van der Waals surface area contributed by atoms with Gasteiger partial charge < -0.3 is 0 Å². The van der Waals surface area contributed by atoms with E-state index in [0.29, 0.717) is 6.07 Å². The highest BCUT2D eigenvalue weighted by Gasteiger charge is 2.18. The second-order valence-electron chi connectivity index (χ2n) is 2.31. The fourth-order valence-corrected chi connectivity index (χ4v) is 0.865. The molecular formula is C6H4FN3O4. The summed E-state index contributed by atoms with van der Waals surface area (Å²) >= 11 is 0. The number of rotatable bonds is 3. The van der Waals surface area contributed by atoms with Crippen molar-refractivity contribution in [3.8, 4) is 0 Å². The van der Waals surface area contributed by atoms with E-state index in [4.69, 9.17) is 0 Å². The number of non-ortho nitro benzene ring substituents is 1. The number of halogens is 1. The van der Waals surface area contributed by atoms with Crippen LogP contribution in [0.2, 0.25) is 0 Å². The van der Waals surface area contributed by atoms with Gasteiger partial charge in [0.05, 0.1) is 15.9 Å². The molecule has 0 unspecified atom stereocenters. The molecule has 0 atom stereocenters. The lowest BCUT2D eigenvalue weighted by Crippen LogP contribution is -1.96. The summed E-state index contributed by atoms with van der Waals surface area (Å²) in [5.41, 5.74) is -0.479. The van der Waals surface area contributed by atoms with Gasteiger partial charge in [-0.25, -0.2) is 5.54 Å². The molecule has 0 fully saturated rings. The van der Waals surface area contributed by atoms with E-state index in [1.807, 2.05) is 0 Å². The quantitative estimate of drug-likeness (QED) is 0.456. The SMILES string of the molecule is O=[N+]([O-])c1ccc(NF)c([N+](=O)[O-])c1. The Labute approximate surface area is 76.4 Å². The average molecular weight is 201 g/mol. The lowest BCUT2D eigenvalue weighted by Gasteiger charge is -1.98. The van der Waals surface area contributed by atoms with E-state index in [1.54, 1.807) is 0 Å². The van der Waals surface area contributed by atoms with Crippen molar-refractivity contribution in [3.63, 3.8) is 0 Å². The second kappa shape index (κ2) is 3.64. The van der Waals surface area contributed by atoms with Crippen molar-refractivity contribution in [2.45, 2.75) is 0 Å². The molecule has 1 aromatic rings. The van der Waals surface area contributed by atoms with E-state index < -0.39 is 26.9 Å². The van der Waals surface area contributed by atoms with Gasteiger partial charge >= 0.3 is 5.69 Å². The first kappa shape index (κ1) is 9.84. The van der Waals surface area contributed by atoms with Crippen LogP contribution in [0, 0.1) is 20.2 Å². The molecule has 7 nitrogen and oxygen atoms in total. The maximum absolute atomic E-state index is 12.0. The van der Waals surface area contributed by atoms with Gasteiger partial charge in [-0.05, 0) is 6.07 Å². The number of anilines is 1. The van der Waals surface area contributed by atoms with Crippen LogP contribution in [0.1, 0.15) is 0 Å². The monoisotopic (exact) mass is 201 g/mol. The Morgan fingerprint density at radius 1 is 1.21 bits per heavy atom. The minimum absolute atomic E-state index is 0.416. The van der Waals surface area contributed by atoms with Crippen LogP contribution in [-0.2, 0) is 0 Å². The Morgan fingerprint density at radius 2 is 1.86 bits per heavy atom. The van der Waals surface area contributed by atoms with E-state index in [2.05, 4.69) is 0 Å². The van der Waals surface area contributed by atoms with Crippen LogP contribution in [0.4, 0.5) is 21.5 Å². The first-order valence-electron chi connectivity index (χ1n) is 3.35. The number of benzene rings is 1. The molecule has 14 heavy (non-hydrogen) atoms. The smallest absolute Gasteiger partial charge is 0.258 e. The van der Waals surface area contributed by atoms with Crippen LogP contribution in [-0.4, -0.2) is 9.85 Å². The Balaban J connectivity index is 3.27. The predicted molar refractivity (Wildman–Crippen MR) is 44.5 cm³/mol. The molecule has 0 spiro atoms. The number of nitrogens with zero attached hydrogens (tertiary/aromatic N) is 2. The van der Waals surface area contributed by atoms with Crippen LogP contribution in [0.25, 0.3) is 0 Å². The first-order valence-corrected chi connectivity index (χ1v) is 3.35. The highest BCUT2D eigenvalue weighted by atomic mass is 19.2. The van der Waals surface area contributed by atoms with Gasteiger partial charge in [-0.3, -0.25) is 20.2 Å². The van der Waals surface area contributed by atoms with E-state index in [-0.39, 0.29) is 0 Å². The maximum atomic E-state index is 12.0. The molecular weight excluding hydrogens is 197 g/mol. The molecule has 0 heterocycles. The van der Waals surface area contributed by atoms with Gasteiger partial charge in [-0.15, -0.1) is 4.48 Å². The standard InChI is InChI=1S/C6H4FN3O4/c7-8-5-2-1-4(9(11)12)3-6(5)10(13)14/h1-3,8H. The highest BCUT2D eigenvalue weighted by Crippen LogP contribution is 2.28. The van der Waals surface area contributed by atoms with Crippen molar-refractivity contribution in [1.82, 2.24) is 0 Å². The zero-order chi connectivity index (χ0) is 10.7. The predicted octanol–water partition coefficient (Wildman–Crippen LogP) is 1.80. The van der Waals surface area contributed by atoms with Gasteiger partial charge in [-0.1, -0.05) is 0 Å². The van der Waals surface area contributed by atoms with Crippen molar-refractivity contribution in [1.29, 1.82) is 0 Å². The van der Waals surface area contributed by atoms with E-state index in [9.17, 15) is 24.7 Å². The first-order chi connectivity index (χ1) is 6.56. The summed E-state index contributed by atoms with van der Waals surface area (Å²) in [6.45, 7) is 0. The minimum atomic E-state index is -0.908. The average Bonchev–Trinajstić information content (AvgIpc) is 2.16. The third-order valence-electron chi connectivity index (χ3n) is 1.49. The van der Waals surface area contributed by atoms with Gasteiger partial charge in [0.15, 0.2) is 0 Å². The number of hydrogen-bond acceptors (Lipinski definition) is 5. The lowest BCUT2D eigenvalue weighted by atomic mass is 10.2. The van der Waals surface area contributed by atoms with Crippen molar-refractivity contribution in [2.75, 3.05) is 5.54 Å². The van der Waals surface area contributed by atoms with Gasteiger partial charge in [0.1, 0.15) is 5.69 Å². The molecule has 0 aliphatic rings. The van der Waals surface area contributed by atoms with Gasteiger partial charge in [0, 0.05) is 6.07 Å². The van der Waals surface area contributed by atoms with Crippen molar-refractivity contribution in [3.05, 3.63) is 38.4 Å². The molecule has 8 heteroatoms. The molecule has 0 saturated carbocycles. The number of nitrogens with one attached hydrogen (secondary N) is 1. The van der Waals surface area contributed by atoms with Gasteiger partial charge in [-0.2, -0.15) is 0 Å². The molecule has 0 aliphatic carbocycles. The molecule has 0 amide bonds. The third kappa shape index (κ3) is 1.73. The van der Waals surface area contributed by atoms with Crippen LogP contribution >= 0.6 is 0 Å². The molecule has 74 valence electrons. The molecule has 1 aromatic carbocycles. The Kier molecular flexibility index (Phi) is 2.56. The van der Waals surface area contributed by atoms with Crippen molar-refractivity contribution in [2.24, 2.45) is 0 Å². The Morgan fingerprint density at radius 3 is 2.29 bits per heavy atom. The molecule has 1 N–H and O–H groups in total. The molecule has 0 saturated heterocycles. The molecule has 1 rings (SSSR count). The molecule has 0 aromatic heterocycles. The van der Waals surface area contributed by atoms with Gasteiger partial charge in [0.2, 0.25) is 0 Å². The zero-order valence-electron chi connectivity index (χ0n) is 6.64. The van der Waals surface area contributed by atoms with E-state index in [1.165, 1.54) is 0 Å². The summed E-state index contributed by atoms with van der Waals surface area (Å²) in [5, 5.41) is 20.6. The summed E-state index contributed by atoms with van der Waals surface area (Å²) in [6.07, 6.45) is 0. The third-order valence-corrected chi connectivity index (χ3v) is 1.49. The number of nitro groups is 2. The van der Waals surface area contributed by atoms with E-state index >= 15 is 0 Å². The fourth-order valence-electron chi connectivity index (χ4n) is 0.865. The number of hydrogen-bond donors (Lipinski definition) is 1. The summed E-state index contributed by atoms with van der Waals surface area (Å²) in [6, 6.07) is 2.58. The normalized spacial score (nSPS) is 9.50. The van der Waals surface area contributed by atoms with Crippen LogP contribution < -0.4 is 5.54 Å². The summed E-state index contributed by atoms with van der Waals surface area (Å²) in [4.78, 5) is 18.9. The Bertz CT molecular complexity index is 395. The summed E-state index contributed by atoms with van der Waals surface area (Å²) in [7, 11) is 0. The molecule has 0 radical (unpaired) electrons. The highest BCUT2D eigenvalue weighted by molar-refractivity contribution is 5.64. The van der Waals surface area contributed by atoms with Crippen LogP contribution in [0.5, 0.6) is 0 Å². The maximum Gasteiger partial charge on any atom is 0.301 e. The molecule has 0 aliphatic heterocycles. The lowest BCUT2D eigenvalue weighted by molar-refractivity contribution is -0.393. The van der Waals surface area contributed by atoms with E-state index in [0.717, 1.165) is 17.7 Å².